The normalized spacial score (nSPS) is 12.3. The Morgan fingerprint density at radius 2 is 1.32 bits per heavy atom. The van der Waals surface area contributed by atoms with Crippen LogP contribution in [-0.2, 0) is 8.85 Å². The highest BCUT2D eigenvalue weighted by Gasteiger charge is 2.23. The second kappa shape index (κ2) is 11.9. The highest BCUT2D eigenvalue weighted by atomic mass is 28.4. The van der Waals surface area contributed by atoms with E-state index in [1.165, 1.54) is 44.9 Å². The molecule has 19 heavy (non-hydrogen) atoms. The topological polar surface area (TPSA) is 18.5 Å². The summed E-state index contributed by atoms with van der Waals surface area (Å²) in [6.07, 6.45) is 10.3. The van der Waals surface area contributed by atoms with Gasteiger partial charge in [0, 0.05) is 13.2 Å². The third kappa shape index (κ3) is 14.4. The van der Waals surface area contributed by atoms with Crippen molar-refractivity contribution in [3.05, 3.63) is 0 Å². The van der Waals surface area contributed by atoms with Crippen molar-refractivity contribution < 1.29 is 8.85 Å². The zero-order valence-electron chi connectivity index (χ0n) is 14.0. The average Bonchev–Trinajstić information content (AvgIpc) is 2.33. The van der Waals surface area contributed by atoms with Crippen LogP contribution in [0.1, 0.15) is 72.1 Å². The minimum atomic E-state index is -1.85. The van der Waals surface area contributed by atoms with Crippen LogP contribution in [0.15, 0.2) is 0 Å². The van der Waals surface area contributed by atoms with E-state index in [-0.39, 0.29) is 0 Å². The average molecular weight is 289 g/mol. The van der Waals surface area contributed by atoms with Gasteiger partial charge in [0.25, 0.3) is 0 Å². The molecule has 116 valence electrons. The van der Waals surface area contributed by atoms with Crippen molar-refractivity contribution in [2.24, 2.45) is 5.92 Å². The van der Waals surface area contributed by atoms with Gasteiger partial charge < -0.3 is 8.85 Å². The molecule has 0 aliphatic carbocycles. The van der Waals surface area contributed by atoms with Crippen molar-refractivity contribution in [1.29, 1.82) is 0 Å². The molecule has 0 aromatic heterocycles. The van der Waals surface area contributed by atoms with Crippen LogP contribution in [0.5, 0.6) is 0 Å². The summed E-state index contributed by atoms with van der Waals surface area (Å²) in [5, 5.41) is 0. The summed E-state index contributed by atoms with van der Waals surface area (Å²) in [5.41, 5.74) is 0. The van der Waals surface area contributed by atoms with Crippen molar-refractivity contribution in [2.75, 3.05) is 13.2 Å². The number of hydrogen-bond acceptors (Lipinski definition) is 2. The molecular weight excluding hydrogens is 252 g/mol. The van der Waals surface area contributed by atoms with Gasteiger partial charge in [-0.25, -0.2) is 0 Å². The van der Waals surface area contributed by atoms with Gasteiger partial charge in [-0.15, -0.1) is 0 Å². The molecule has 2 nitrogen and oxygen atoms in total. The lowest BCUT2D eigenvalue weighted by molar-refractivity contribution is 0.171. The minimum Gasteiger partial charge on any atom is -0.395 e. The Morgan fingerprint density at radius 1 is 0.789 bits per heavy atom. The molecule has 0 unspecified atom stereocenters. The maximum atomic E-state index is 5.96. The van der Waals surface area contributed by atoms with Crippen LogP contribution in [0, 0.1) is 5.92 Å². The lowest BCUT2D eigenvalue weighted by atomic mass is 10.1. The second-order valence-electron chi connectivity index (χ2n) is 6.40. The molecule has 0 N–H and O–H groups in total. The molecule has 0 rings (SSSR count). The Balaban J connectivity index is 3.40. The fraction of sp³-hybridized carbons (Fsp3) is 1.00. The first kappa shape index (κ1) is 19.1. The van der Waals surface area contributed by atoms with E-state index in [0.29, 0.717) is 0 Å². The van der Waals surface area contributed by atoms with Crippen LogP contribution in [-0.4, -0.2) is 21.8 Å². The van der Waals surface area contributed by atoms with Gasteiger partial charge in [-0.1, -0.05) is 52.9 Å². The van der Waals surface area contributed by atoms with Crippen molar-refractivity contribution in [2.45, 2.75) is 85.2 Å². The Kier molecular flexibility index (Phi) is 12.0. The van der Waals surface area contributed by atoms with Gasteiger partial charge in [-0.3, -0.25) is 0 Å². The fourth-order valence-corrected chi connectivity index (χ4v) is 3.41. The van der Waals surface area contributed by atoms with Crippen LogP contribution in [0.4, 0.5) is 0 Å². The first-order chi connectivity index (χ1) is 8.98. The fourth-order valence-electron chi connectivity index (χ4n) is 2.05. The monoisotopic (exact) mass is 288 g/mol. The molecule has 0 saturated heterocycles. The van der Waals surface area contributed by atoms with Crippen LogP contribution >= 0.6 is 0 Å². The van der Waals surface area contributed by atoms with Gasteiger partial charge in [-0.2, -0.15) is 0 Å². The van der Waals surface area contributed by atoms with E-state index in [0.717, 1.165) is 25.6 Å². The van der Waals surface area contributed by atoms with Crippen LogP contribution in [0.3, 0.4) is 0 Å². The number of unbranched alkanes of at least 4 members (excludes halogenated alkanes) is 5. The molecule has 0 bridgehead atoms. The van der Waals surface area contributed by atoms with Crippen molar-refractivity contribution in [3.8, 4) is 0 Å². The third-order valence-electron chi connectivity index (χ3n) is 3.32. The predicted octanol–water partition coefficient (Wildman–Crippen LogP) is 5.52. The van der Waals surface area contributed by atoms with E-state index in [2.05, 4.69) is 33.9 Å². The molecule has 0 radical (unpaired) electrons. The standard InChI is InChI=1S/C16H36O2Si/c1-6-7-8-9-10-11-14-17-19(4,5)18-15-12-13-16(2)3/h16H,6-15H2,1-5H3. The summed E-state index contributed by atoms with van der Waals surface area (Å²) in [7, 11) is -1.85. The van der Waals surface area contributed by atoms with Crippen LogP contribution in [0.25, 0.3) is 0 Å². The number of rotatable bonds is 13. The zero-order chi connectivity index (χ0) is 14.6. The Hall–Kier alpha value is 0.137. The van der Waals surface area contributed by atoms with E-state index in [4.69, 9.17) is 8.85 Å². The second-order valence-corrected chi connectivity index (χ2v) is 9.78. The maximum absolute atomic E-state index is 5.96. The molecular formula is C16H36O2Si. The van der Waals surface area contributed by atoms with Crippen molar-refractivity contribution >= 4 is 8.56 Å². The molecule has 0 aliphatic heterocycles. The lowest BCUT2D eigenvalue weighted by Crippen LogP contribution is -2.35. The van der Waals surface area contributed by atoms with Gasteiger partial charge in [0.15, 0.2) is 0 Å². The summed E-state index contributed by atoms with van der Waals surface area (Å²) < 4.78 is 11.9. The van der Waals surface area contributed by atoms with Gasteiger partial charge in [0.2, 0.25) is 0 Å². The van der Waals surface area contributed by atoms with E-state index in [1.54, 1.807) is 0 Å². The van der Waals surface area contributed by atoms with Gasteiger partial charge >= 0.3 is 8.56 Å². The molecule has 0 fully saturated rings. The van der Waals surface area contributed by atoms with Crippen molar-refractivity contribution in [1.82, 2.24) is 0 Å². The number of hydrogen-bond donors (Lipinski definition) is 0. The maximum Gasteiger partial charge on any atom is 0.331 e. The molecule has 0 aromatic carbocycles. The lowest BCUT2D eigenvalue weighted by Gasteiger charge is -2.23. The predicted molar refractivity (Wildman–Crippen MR) is 86.8 cm³/mol. The van der Waals surface area contributed by atoms with Crippen LogP contribution in [0.2, 0.25) is 13.1 Å². The molecule has 0 aliphatic rings. The highest BCUT2D eigenvalue weighted by molar-refractivity contribution is 6.64. The molecule has 0 aromatic rings. The molecule has 0 heterocycles. The molecule has 0 amide bonds. The van der Waals surface area contributed by atoms with E-state index in [9.17, 15) is 0 Å². The van der Waals surface area contributed by atoms with E-state index < -0.39 is 8.56 Å². The third-order valence-corrected chi connectivity index (χ3v) is 5.12. The first-order valence-corrected chi connectivity index (χ1v) is 11.1. The smallest absolute Gasteiger partial charge is 0.331 e. The summed E-state index contributed by atoms with van der Waals surface area (Å²) in [4.78, 5) is 0. The van der Waals surface area contributed by atoms with Crippen molar-refractivity contribution in [3.63, 3.8) is 0 Å². The largest absolute Gasteiger partial charge is 0.395 e. The zero-order valence-corrected chi connectivity index (χ0v) is 15.0. The summed E-state index contributed by atoms with van der Waals surface area (Å²) >= 11 is 0. The summed E-state index contributed by atoms with van der Waals surface area (Å²) in [6, 6.07) is 0. The minimum absolute atomic E-state index is 0.775. The van der Waals surface area contributed by atoms with Gasteiger partial charge in [-0.05, 0) is 38.3 Å². The summed E-state index contributed by atoms with van der Waals surface area (Å²) in [5.74, 6) is 0.775. The quantitative estimate of drug-likeness (QED) is 0.328. The van der Waals surface area contributed by atoms with Gasteiger partial charge in [0.05, 0.1) is 0 Å². The Labute approximate surface area is 122 Å². The highest BCUT2D eigenvalue weighted by Crippen LogP contribution is 2.12. The van der Waals surface area contributed by atoms with Gasteiger partial charge in [0.1, 0.15) is 0 Å². The SMILES string of the molecule is CCCCCCCCO[Si](C)(C)OCCCC(C)C. The Bertz CT molecular complexity index is 193. The summed E-state index contributed by atoms with van der Waals surface area (Å²) in [6.45, 7) is 12.9. The van der Waals surface area contributed by atoms with Crippen LogP contribution < -0.4 is 0 Å². The first-order valence-electron chi connectivity index (χ1n) is 8.26. The molecule has 3 heteroatoms. The molecule has 0 spiro atoms. The molecule has 0 saturated carbocycles. The Morgan fingerprint density at radius 3 is 1.89 bits per heavy atom. The molecule has 0 atom stereocenters. The van der Waals surface area contributed by atoms with E-state index in [1.807, 2.05) is 0 Å². The van der Waals surface area contributed by atoms with E-state index >= 15 is 0 Å².